The first-order valence-electron chi connectivity index (χ1n) is 10.5. The number of nitrogens with zero attached hydrogens (tertiary/aromatic N) is 2. The van der Waals surface area contributed by atoms with E-state index >= 15 is 0 Å². The van der Waals surface area contributed by atoms with Crippen LogP contribution >= 0.6 is 0 Å². The molecule has 154 valence electrons. The number of aromatic nitrogens is 1. The summed E-state index contributed by atoms with van der Waals surface area (Å²) < 4.78 is 11.6. The molecule has 1 aliphatic rings. The van der Waals surface area contributed by atoms with Gasteiger partial charge in [-0.15, -0.1) is 0 Å². The van der Waals surface area contributed by atoms with E-state index in [4.69, 9.17) is 14.3 Å². The molecule has 2 atom stereocenters. The lowest BCUT2D eigenvalue weighted by atomic mass is 9.78. The first kappa shape index (κ1) is 21.7. The predicted molar refractivity (Wildman–Crippen MR) is 110 cm³/mol. The number of rotatable bonds is 7. The van der Waals surface area contributed by atoms with Gasteiger partial charge in [-0.05, 0) is 31.6 Å². The van der Waals surface area contributed by atoms with Crippen LogP contribution in [0.15, 0.2) is 9.52 Å². The van der Waals surface area contributed by atoms with E-state index in [0.717, 1.165) is 61.9 Å². The summed E-state index contributed by atoms with van der Waals surface area (Å²) in [4.78, 5) is 4.80. The minimum Gasteiger partial charge on any atom is -0.377 e. The van der Waals surface area contributed by atoms with Crippen molar-refractivity contribution in [2.24, 2.45) is 16.3 Å². The van der Waals surface area contributed by atoms with E-state index in [1.165, 1.54) is 6.42 Å². The number of nitrogens with one attached hydrogen (secondary N) is 2. The van der Waals surface area contributed by atoms with E-state index in [-0.39, 0.29) is 11.5 Å². The van der Waals surface area contributed by atoms with Gasteiger partial charge in [0.25, 0.3) is 0 Å². The van der Waals surface area contributed by atoms with Crippen molar-refractivity contribution in [1.29, 1.82) is 0 Å². The van der Waals surface area contributed by atoms with Crippen LogP contribution in [-0.4, -0.2) is 36.9 Å². The Morgan fingerprint density at radius 2 is 1.96 bits per heavy atom. The van der Waals surface area contributed by atoms with Gasteiger partial charge in [0.15, 0.2) is 5.96 Å². The third kappa shape index (κ3) is 5.96. The SMILES string of the molecule is CCNC(=NCc1c(CC)noc1CC)NCC1CCCOC1C(C)(C)C. The van der Waals surface area contributed by atoms with Crippen molar-refractivity contribution in [3.05, 3.63) is 17.0 Å². The molecule has 2 heterocycles. The Hall–Kier alpha value is -1.56. The summed E-state index contributed by atoms with van der Waals surface area (Å²) in [5.41, 5.74) is 2.29. The Labute approximate surface area is 164 Å². The molecule has 2 rings (SSSR count). The summed E-state index contributed by atoms with van der Waals surface area (Å²) in [5, 5.41) is 11.1. The Morgan fingerprint density at radius 1 is 1.19 bits per heavy atom. The topological polar surface area (TPSA) is 71.7 Å². The van der Waals surface area contributed by atoms with Gasteiger partial charge >= 0.3 is 0 Å². The lowest BCUT2D eigenvalue weighted by molar-refractivity contribution is -0.0835. The first-order chi connectivity index (χ1) is 12.9. The molecule has 2 N–H and O–H groups in total. The quantitative estimate of drug-likeness (QED) is 0.559. The third-order valence-electron chi connectivity index (χ3n) is 5.18. The van der Waals surface area contributed by atoms with E-state index in [1.807, 2.05) is 0 Å². The van der Waals surface area contributed by atoms with Crippen LogP contribution in [0.1, 0.15) is 71.4 Å². The number of aliphatic imine (C=N–C) groups is 1. The second-order valence-electron chi connectivity index (χ2n) is 8.37. The Morgan fingerprint density at radius 3 is 2.59 bits per heavy atom. The monoisotopic (exact) mass is 378 g/mol. The predicted octanol–water partition coefficient (Wildman–Crippen LogP) is 3.70. The highest BCUT2D eigenvalue weighted by atomic mass is 16.5. The molecule has 27 heavy (non-hydrogen) atoms. The zero-order valence-corrected chi connectivity index (χ0v) is 18.0. The summed E-state index contributed by atoms with van der Waals surface area (Å²) in [7, 11) is 0. The molecule has 1 aromatic heterocycles. The van der Waals surface area contributed by atoms with E-state index in [2.05, 4.69) is 57.3 Å². The standard InChI is InChI=1S/C21H38N4O2/c1-7-17-16(18(8-2)27-25-17)14-24-20(22-9-3)23-13-15-11-10-12-26-19(15)21(4,5)6/h15,19H,7-14H2,1-6H3,(H2,22,23,24). The maximum absolute atomic E-state index is 6.11. The lowest BCUT2D eigenvalue weighted by Gasteiger charge is -2.40. The minimum atomic E-state index is 0.150. The van der Waals surface area contributed by atoms with Gasteiger partial charge in [0, 0.05) is 37.6 Å². The first-order valence-corrected chi connectivity index (χ1v) is 10.5. The van der Waals surface area contributed by atoms with Gasteiger partial charge in [-0.1, -0.05) is 39.8 Å². The molecule has 0 aliphatic carbocycles. The second kappa shape index (κ2) is 10.1. The van der Waals surface area contributed by atoms with Crippen LogP contribution in [0.4, 0.5) is 0 Å². The zero-order chi connectivity index (χ0) is 19.9. The van der Waals surface area contributed by atoms with Crippen molar-refractivity contribution in [2.75, 3.05) is 19.7 Å². The number of guanidine groups is 1. The number of hydrogen-bond acceptors (Lipinski definition) is 4. The molecular weight excluding hydrogens is 340 g/mol. The molecule has 2 unspecified atom stereocenters. The van der Waals surface area contributed by atoms with Crippen LogP contribution in [-0.2, 0) is 24.1 Å². The molecule has 0 aromatic carbocycles. The van der Waals surface area contributed by atoms with Gasteiger partial charge in [-0.25, -0.2) is 4.99 Å². The van der Waals surface area contributed by atoms with Gasteiger partial charge in [0.05, 0.1) is 18.3 Å². The van der Waals surface area contributed by atoms with E-state index < -0.39 is 0 Å². The van der Waals surface area contributed by atoms with E-state index in [0.29, 0.717) is 12.5 Å². The van der Waals surface area contributed by atoms with Crippen molar-refractivity contribution in [1.82, 2.24) is 15.8 Å². The van der Waals surface area contributed by atoms with E-state index in [1.54, 1.807) is 0 Å². The smallest absolute Gasteiger partial charge is 0.191 e. The van der Waals surface area contributed by atoms with Crippen LogP contribution in [0.5, 0.6) is 0 Å². The average Bonchev–Trinajstić information content (AvgIpc) is 3.05. The molecule has 6 nitrogen and oxygen atoms in total. The molecule has 1 aliphatic heterocycles. The summed E-state index contributed by atoms with van der Waals surface area (Å²) in [6.07, 6.45) is 4.31. The number of aryl methyl sites for hydroxylation is 2. The zero-order valence-electron chi connectivity index (χ0n) is 18.0. The fourth-order valence-electron chi connectivity index (χ4n) is 3.85. The van der Waals surface area contributed by atoms with Crippen molar-refractivity contribution >= 4 is 5.96 Å². The van der Waals surface area contributed by atoms with Crippen LogP contribution in [0.25, 0.3) is 0 Å². The summed E-state index contributed by atoms with van der Waals surface area (Å²) >= 11 is 0. The van der Waals surface area contributed by atoms with Gasteiger partial charge in [0.1, 0.15) is 5.76 Å². The van der Waals surface area contributed by atoms with Gasteiger partial charge in [-0.3, -0.25) is 0 Å². The summed E-state index contributed by atoms with van der Waals surface area (Å²) in [6.45, 7) is 16.2. The molecule has 1 fully saturated rings. The highest BCUT2D eigenvalue weighted by molar-refractivity contribution is 5.79. The average molecular weight is 379 g/mol. The Kier molecular flexibility index (Phi) is 8.14. The van der Waals surface area contributed by atoms with Gasteiger partial charge < -0.3 is 19.9 Å². The molecule has 0 spiro atoms. The van der Waals surface area contributed by atoms with E-state index in [9.17, 15) is 0 Å². The molecule has 0 amide bonds. The van der Waals surface area contributed by atoms with Crippen LogP contribution in [0.3, 0.4) is 0 Å². The van der Waals surface area contributed by atoms with Crippen molar-refractivity contribution < 1.29 is 9.26 Å². The fourth-order valence-corrected chi connectivity index (χ4v) is 3.85. The normalized spacial score (nSPS) is 21.3. The molecule has 0 bridgehead atoms. The minimum absolute atomic E-state index is 0.150. The molecule has 0 radical (unpaired) electrons. The van der Waals surface area contributed by atoms with Crippen LogP contribution < -0.4 is 10.6 Å². The highest BCUT2D eigenvalue weighted by Crippen LogP contribution is 2.33. The Bertz CT molecular complexity index is 582. The van der Waals surface area contributed by atoms with Gasteiger partial charge in [-0.2, -0.15) is 0 Å². The number of hydrogen-bond donors (Lipinski definition) is 2. The molecule has 1 saturated heterocycles. The fraction of sp³-hybridized carbons (Fsp3) is 0.810. The van der Waals surface area contributed by atoms with Crippen molar-refractivity contribution in [3.8, 4) is 0 Å². The lowest BCUT2D eigenvalue weighted by Crippen LogP contribution is -2.47. The van der Waals surface area contributed by atoms with Crippen LogP contribution in [0, 0.1) is 11.3 Å². The Balaban J connectivity index is 2.04. The highest BCUT2D eigenvalue weighted by Gasteiger charge is 2.35. The third-order valence-corrected chi connectivity index (χ3v) is 5.18. The molecule has 0 saturated carbocycles. The second-order valence-corrected chi connectivity index (χ2v) is 8.37. The number of ether oxygens (including phenoxy) is 1. The largest absolute Gasteiger partial charge is 0.377 e. The molecular formula is C21H38N4O2. The maximum atomic E-state index is 6.11. The molecule has 6 heteroatoms. The van der Waals surface area contributed by atoms with Crippen LogP contribution in [0.2, 0.25) is 0 Å². The maximum Gasteiger partial charge on any atom is 0.191 e. The molecule has 1 aromatic rings. The summed E-state index contributed by atoms with van der Waals surface area (Å²) in [6, 6.07) is 0. The summed E-state index contributed by atoms with van der Waals surface area (Å²) in [5.74, 6) is 2.29. The van der Waals surface area contributed by atoms with Crippen molar-refractivity contribution in [3.63, 3.8) is 0 Å². The van der Waals surface area contributed by atoms with Crippen molar-refractivity contribution in [2.45, 2.75) is 79.9 Å². The van der Waals surface area contributed by atoms with Gasteiger partial charge in [0.2, 0.25) is 0 Å².